The normalized spacial score (nSPS) is 11.4. The Labute approximate surface area is 177 Å². The zero-order valence-corrected chi connectivity index (χ0v) is 17.6. The molecule has 1 aromatic carbocycles. The molecule has 9 heteroatoms. The molecule has 0 atom stereocenters. The van der Waals surface area contributed by atoms with Gasteiger partial charge in [-0.3, -0.25) is 4.98 Å². The summed E-state index contributed by atoms with van der Waals surface area (Å²) in [5, 5.41) is 3.57. The average Bonchev–Trinajstić information content (AvgIpc) is 3.08. The van der Waals surface area contributed by atoms with Crippen LogP contribution < -0.4 is 5.32 Å². The molecule has 0 aliphatic heterocycles. The molecule has 0 radical (unpaired) electrons. The van der Waals surface area contributed by atoms with E-state index in [1.807, 2.05) is 0 Å². The highest BCUT2D eigenvalue weighted by Gasteiger charge is 2.18. The molecule has 7 nitrogen and oxygen atoms in total. The van der Waals surface area contributed by atoms with Crippen molar-refractivity contribution < 1.29 is 27.9 Å². The number of ether oxygens (including phenoxy) is 2. The average molecular weight is 435 g/mol. The van der Waals surface area contributed by atoms with E-state index >= 15 is 0 Å². The first-order valence-electron chi connectivity index (χ1n) is 9.00. The van der Waals surface area contributed by atoms with E-state index in [0.29, 0.717) is 33.0 Å². The smallest absolute Gasteiger partial charge is 0.408 e. The molecule has 0 unspecified atom stereocenters. The molecular weight excluding hydrogens is 415 g/mol. The summed E-state index contributed by atoms with van der Waals surface area (Å²) in [6, 6.07) is 6.35. The predicted molar refractivity (Wildman–Crippen MR) is 109 cm³/mol. The van der Waals surface area contributed by atoms with Gasteiger partial charge in [0.2, 0.25) is 0 Å². The summed E-state index contributed by atoms with van der Waals surface area (Å²) < 4.78 is 29.4. The van der Waals surface area contributed by atoms with E-state index in [1.54, 1.807) is 39.0 Å². The molecule has 0 aliphatic carbocycles. The number of nitrogens with zero attached hydrogens (tertiary/aromatic N) is 1. The number of furan rings is 1. The third-order valence-corrected chi connectivity index (χ3v) is 4.26. The number of aromatic nitrogens is 1. The van der Waals surface area contributed by atoms with Crippen LogP contribution in [-0.4, -0.2) is 29.8 Å². The molecule has 30 heavy (non-hydrogen) atoms. The fourth-order valence-electron chi connectivity index (χ4n) is 2.73. The van der Waals surface area contributed by atoms with Crippen LogP contribution in [0.1, 0.15) is 36.9 Å². The lowest BCUT2D eigenvalue weighted by Crippen LogP contribution is -2.32. The molecule has 2 heterocycles. The van der Waals surface area contributed by atoms with Gasteiger partial charge in [0.1, 0.15) is 11.4 Å². The van der Waals surface area contributed by atoms with Crippen molar-refractivity contribution in [3.63, 3.8) is 0 Å². The summed E-state index contributed by atoms with van der Waals surface area (Å²) in [4.78, 5) is 27.6. The van der Waals surface area contributed by atoms with Crippen molar-refractivity contribution in [2.24, 2.45) is 0 Å². The Kier molecular flexibility index (Phi) is 5.98. The van der Waals surface area contributed by atoms with Crippen molar-refractivity contribution in [3.05, 3.63) is 52.6 Å². The zero-order chi connectivity index (χ0) is 22.1. The van der Waals surface area contributed by atoms with Crippen LogP contribution in [0.2, 0.25) is 5.02 Å². The van der Waals surface area contributed by atoms with Gasteiger partial charge in [0.15, 0.2) is 11.4 Å². The van der Waals surface area contributed by atoms with Gasteiger partial charge in [-0.15, -0.1) is 0 Å². The molecule has 158 valence electrons. The van der Waals surface area contributed by atoms with E-state index in [9.17, 15) is 14.0 Å². The summed E-state index contributed by atoms with van der Waals surface area (Å²) in [6.07, 6.45) is 0.381. The second kappa shape index (κ2) is 8.31. The number of carbonyl (C=O) groups is 2. The van der Waals surface area contributed by atoms with E-state index in [0.717, 1.165) is 6.20 Å². The van der Waals surface area contributed by atoms with Crippen LogP contribution in [0.5, 0.6) is 0 Å². The summed E-state index contributed by atoms with van der Waals surface area (Å²) >= 11 is 6.34. The molecule has 3 rings (SSSR count). The Balaban J connectivity index is 1.88. The second-order valence-corrected chi connectivity index (χ2v) is 7.89. The first kappa shape index (κ1) is 21.6. The Morgan fingerprint density at radius 3 is 2.63 bits per heavy atom. The monoisotopic (exact) mass is 434 g/mol. The van der Waals surface area contributed by atoms with Crippen LogP contribution in [0.25, 0.3) is 22.2 Å². The van der Waals surface area contributed by atoms with Gasteiger partial charge in [0.05, 0.1) is 36.1 Å². The topological polar surface area (TPSA) is 90.7 Å². The number of nitrogens with one attached hydrogen (secondary N) is 1. The lowest BCUT2D eigenvalue weighted by Gasteiger charge is -2.19. The van der Waals surface area contributed by atoms with E-state index in [2.05, 4.69) is 15.0 Å². The van der Waals surface area contributed by atoms with E-state index in [4.69, 9.17) is 20.8 Å². The quantitative estimate of drug-likeness (QED) is 0.574. The van der Waals surface area contributed by atoms with Gasteiger partial charge >= 0.3 is 12.1 Å². The maximum absolute atomic E-state index is 13.9. The number of fused-ring (bicyclic) bond motifs is 1. The van der Waals surface area contributed by atoms with E-state index in [1.165, 1.54) is 13.2 Å². The van der Waals surface area contributed by atoms with E-state index in [-0.39, 0.29) is 12.1 Å². The number of esters is 1. The van der Waals surface area contributed by atoms with Crippen LogP contribution in [0.3, 0.4) is 0 Å². The minimum absolute atomic E-state index is 0.108. The number of alkyl carbamates (subject to hydrolysis) is 1. The molecule has 1 amide bonds. The molecular formula is C21H20ClFN2O5. The summed E-state index contributed by atoms with van der Waals surface area (Å²) in [5.41, 5.74) is 0.492. The standard InChI is InChI=1S/C21H20ClFN2O5/c1-21(2,3)30-20(27)25-9-13-6-12-5-11(7-15(22)18(12)29-13)17-8-14(19(26)28-4)16(23)10-24-17/h5-8,10H,9H2,1-4H3,(H,25,27). The molecule has 0 bridgehead atoms. The summed E-state index contributed by atoms with van der Waals surface area (Å²) in [6.45, 7) is 5.41. The van der Waals surface area contributed by atoms with Gasteiger partial charge in [0, 0.05) is 10.9 Å². The molecule has 1 N–H and O–H groups in total. The highest BCUT2D eigenvalue weighted by atomic mass is 35.5. The van der Waals surface area contributed by atoms with Gasteiger partial charge in [-0.05, 0) is 45.0 Å². The molecule has 0 saturated carbocycles. The molecule has 0 aliphatic rings. The number of rotatable bonds is 4. The van der Waals surface area contributed by atoms with Crippen LogP contribution in [0.15, 0.2) is 34.9 Å². The number of halogens is 2. The van der Waals surface area contributed by atoms with Crippen LogP contribution in [-0.2, 0) is 16.0 Å². The van der Waals surface area contributed by atoms with Crippen molar-refractivity contribution in [1.82, 2.24) is 10.3 Å². The van der Waals surface area contributed by atoms with Crippen LogP contribution in [0.4, 0.5) is 9.18 Å². The number of methoxy groups -OCH3 is 1. The zero-order valence-electron chi connectivity index (χ0n) is 16.8. The molecule has 3 aromatic rings. The predicted octanol–water partition coefficient (Wildman–Crippen LogP) is 5.10. The van der Waals surface area contributed by atoms with Gasteiger partial charge in [0.25, 0.3) is 0 Å². The fraction of sp³-hybridized carbons (Fsp3) is 0.286. The number of carbonyl (C=O) groups excluding carboxylic acids is 2. The Morgan fingerprint density at radius 2 is 1.97 bits per heavy atom. The lowest BCUT2D eigenvalue weighted by atomic mass is 10.1. The SMILES string of the molecule is COC(=O)c1cc(-c2cc(Cl)c3oc(CNC(=O)OC(C)(C)C)cc3c2)ncc1F. The van der Waals surface area contributed by atoms with E-state index < -0.39 is 23.5 Å². The van der Waals surface area contributed by atoms with Crippen molar-refractivity contribution in [2.75, 3.05) is 7.11 Å². The van der Waals surface area contributed by atoms with Gasteiger partial charge < -0.3 is 19.2 Å². The van der Waals surface area contributed by atoms with Crippen LogP contribution >= 0.6 is 11.6 Å². The molecule has 2 aromatic heterocycles. The Morgan fingerprint density at radius 1 is 1.23 bits per heavy atom. The summed E-state index contributed by atoms with van der Waals surface area (Å²) in [5.74, 6) is -1.11. The number of benzene rings is 1. The highest BCUT2D eigenvalue weighted by molar-refractivity contribution is 6.35. The van der Waals surface area contributed by atoms with Crippen molar-refractivity contribution >= 4 is 34.6 Å². The molecule has 0 fully saturated rings. The number of pyridine rings is 1. The maximum Gasteiger partial charge on any atom is 0.408 e. The Hall–Kier alpha value is -3.13. The van der Waals surface area contributed by atoms with Gasteiger partial charge in [-0.2, -0.15) is 0 Å². The van der Waals surface area contributed by atoms with Gasteiger partial charge in [-0.25, -0.2) is 14.0 Å². The van der Waals surface area contributed by atoms with Crippen molar-refractivity contribution in [1.29, 1.82) is 0 Å². The van der Waals surface area contributed by atoms with Crippen molar-refractivity contribution in [3.8, 4) is 11.3 Å². The lowest BCUT2D eigenvalue weighted by molar-refractivity contribution is 0.0519. The maximum atomic E-state index is 13.9. The second-order valence-electron chi connectivity index (χ2n) is 7.49. The van der Waals surface area contributed by atoms with Gasteiger partial charge in [-0.1, -0.05) is 11.6 Å². The van der Waals surface area contributed by atoms with Crippen LogP contribution in [0, 0.1) is 5.82 Å². The first-order valence-corrected chi connectivity index (χ1v) is 9.38. The largest absolute Gasteiger partial charge is 0.465 e. The third-order valence-electron chi connectivity index (χ3n) is 3.98. The minimum atomic E-state index is -0.804. The number of amides is 1. The number of hydrogen-bond acceptors (Lipinski definition) is 6. The number of hydrogen-bond donors (Lipinski definition) is 1. The van der Waals surface area contributed by atoms with Crippen molar-refractivity contribution in [2.45, 2.75) is 32.9 Å². The fourth-order valence-corrected chi connectivity index (χ4v) is 3.00. The molecule has 0 saturated heterocycles. The first-order chi connectivity index (χ1) is 14.1. The third kappa shape index (κ3) is 4.88. The highest BCUT2D eigenvalue weighted by Crippen LogP contribution is 2.33. The summed E-state index contributed by atoms with van der Waals surface area (Å²) in [7, 11) is 1.17. The Bertz CT molecular complexity index is 1120. The minimum Gasteiger partial charge on any atom is -0.465 e. The molecule has 0 spiro atoms.